The minimum Gasteiger partial charge on any atom is -0.481 e. The van der Waals surface area contributed by atoms with Crippen LogP contribution in [0.2, 0.25) is 0 Å². The minimum absolute atomic E-state index is 0.0101. The largest absolute Gasteiger partial charge is 0.481 e. The smallest absolute Gasteiger partial charge is 0.334 e. The Kier molecular flexibility index (Phi) is 26.1. The quantitative estimate of drug-likeness (QED) is 0.0523. The lowest BCUT2D eigenvalue weighted by Gasteiger charge is -2.38. The van der Waals surface area contributed by atoms with Gasteiger partial charge in [-0.05, 0) is 73.3 Å². The third-order valence-electron chi connectivity index (χ3n) is 8.02. The zero-order chi connectivity index (χ0) is 45.1. The second-order valence-corrected chi connectivity index (χ2v) is 14.4. The number of hydrogen-bond acceptors (Lipinski definition) is 12. The van der Waals surface area contributed by atoms with Crippen LogP contribution in [0, 0.1) is 22.3 Å². The van der Waals surface area contributed by atoms with Crippen LogP contribution in [-0.2, 0) is 54.3 Å². The number of aliphatic carboxylic acids is 2. The van der Waals surface area contributed by atoms with Crippen molar-refractivity contribution in [2.45, 2.75) is 81.3 Å². The molecule has 2 unspecified atom stereocenters. The van der Waals surface area contributed by atoms with Gasteiger partial charge in [0.1, 0.15) is 32.0 Å². The van der Waals surface area contributed by atoms with Gasteiger partial charge in [-0.3, -0.25) is 14.4 Å². The number of benzene rings is 1. The monoisotopic (exact) mass is 813 g/mol. The van der Waals surface area contributed by atoms with E-state index in [0.717, 1.165) is 11.1 Å². The molecule has 2 atom stereocenters. The maximum Gasteiger partial charge on any atom is 0.334 e. The molecule has 0 fully saturated rings. The summed E-state index contributed by atoms with van der Waals surface area (Å²) in [5, 5.41) is 34.9. The maximum absolute atomic E-state index is 12.9. The second kappa shape index (κ2) is 27.8. The fourth-order valence-corrected chi connectivity index (χ4v) is 4.75. The summed E-state index contributed by atoms with van der Waals surface area (Å²) in [6, 6.07) is 9.26. The Bertz CT molecular complexity index is 1640. The van der Waals surface area contributed by atoms with Crippen molar-refractivity contribution in [2.75, 3.05) is 33.0 Å². The number of aliphatic hydroxyl groups is 2. The summed E-state index contributed by atoms with van der Waals surface area (Å²) in [7, 11) is 0. The summed E-state index contributed by atoms with van der Waals surface area (Å²) in [6.45, 7) is 22.7. The summed E-state index contributed by atoms with van der Waals surface area (Å²) in [4.78, 5) is 68.4. The molecule has 0 heterocycles. The number of esters is 4. The molecule has 1 aliphatic rings. The molecule has 0 saturated heterocycles. The van der Waals surface area contributed by atoms with Gasteiger partial charge < -0.3 is 39.4 Å². The molecule has 58 heavy (non-hydrogen) atoms. The molecule has 1 aromatic carbocycles. The highest BCUT2D eigenvalue weighted by Gasteiger charge is 2.49. The summed E-state index contributed by atoms with van der Waals surface area (Å²) < 4.78 is 19.9. The lowest BCUT2D eigenvalue weighted by atomic mass is 9.65. The van der Waals surface area contributed by atoms with Crippen LogP contribution >= 0.6 is 0 Å². The van der Waals surface area contributed by atoms with Crippen LogP contribution < -0.4 is 0 Å². The first-order valence-electron chi connectivity index (χ1n) is 18.3. The predicted octanol–water partition coefficient (Wildman–Crippen LogP) is 6.29. The predicted molar refractivity (Wildman–Crippen MR) is 218 cm³/mol. The van der Waals surface area contributed by atoms with Crippen LogP contribution in [0.1, 0.15) is 80.2 Å². The first kappa shape index (κ1) is 54.4. The Morgan fingerprint density at radius 3 is 1.64 bits per heavy atom. The minimum atomic E-state index is -1.36. The van der Waals surface area contributed by atoms with Gasteiger partial charge in [-0.15, -0.1) is 0 Å². The molecule has 0 aromatic heterocycles. The normalized spacial score (nSPS) is 13.1. The molecule has 1 aromatic rings. The van der Waals surface area contributed by atoms with Crippen molar-refractivity contribution in [2.24, 2.45) is 16.2 Å². The molecular formula is C44H61O14+. The Hall–Kier alpha value is -5.69. The first-order chi connectivity index (χ1) is 26.9. The van der Waals surface area contributed by atoms with Gasteiger partial charge in [0.25, 0.3) is 0 Å². The standard InChI is InChI=1S/C23H34O7.C11H11O2.C6H10O3.C4H6O2/c1-6-22(4,20(28)30-14-17-10-8-7-9-11-17)16-23(5,18(25)26)15-21(2,3)19(27)29-13-12-24;1-9(2)11(12)13-8-10-6-4-3-5-7-10;1-5(2)6(8)9-4-3-7;1-3(2)4(5)6/h7-11,24H,6,12-16H2,1-5H3,(H,25,26);3-4,6-7H,1,8H2,2H3;7H,1,3-4H2,2H3;1H2,2H3,(H,5,6)/q;+1;;. The topological polar surface area (TPSA) is 220 Å². The molecule has 0 bridgehead atoms. The fraction of sp³-hybridized carbons (Fsp3) is 0.455. The van der Waals surface area contributed by atoms with Crippen molar-refractivity contribution in [3.63, 3.8) is 0 Å². The number of allylic oxidation sites excluding steroid dienone is 4. The molecule has 14 nitrogen and oxygen atoms in total. The average molecular weight is 814 g/mol. The van der Waals surface area contributed by atoms with E-state index in [0.29, 0.717) is 17.6 Å². The number of carboxylic acids is 2. The van der Waals surface area contributed by atoms with Crippen LogP contribution in [0.25, 0.3) is 0 Å². The Labute approximate surface area is 342 Å². The van der Waals surface area contributed by atoms with E-state index in [2.05, 4.69) is 30.5 Å². The molecule has 0 amide bonds. The second-order valence-electron chi connectivity index (χ2n) is 14.4. The SMILES string of the molecule is C=C(C)C(=O)O.C=C(C)C(=O)OCC1=CC=C[C+]=C1.C=C(C)C(=O)OCCO.CCC(C)(CC(C)(CC(C)(C)C(=O)OCCO)C(=O)O)C(=O)OCc1ccccc1. The van der Waals surface area contributed by atoms with Crippen molar-refractivity contribution >= 4 is 35.8 Å². The number of ether oxygens (including phenoxy) is 4. The lowest BCUT2D eigenvalue weighted by molar-refractivity contribution is -0.166. The molecule has 0 radical (unpaired) electrons. The molecule has 0 saturated carbocycles. The van der Waals surface area contributed by atoms with Gasteiger partial charge >= 0.3 is 35.8 Å². The number of rotatable bonds is 19. The molecule has 320 valence electrons. The number of carbonyl (C=O) groups excluding carboxylic acids is 4. The third kappa shape index (κ3) is 22.8. The van der Waals surface area contributed by atoms with Gasteiger partial charge in [0, 0.05) is 28.9 Å². The van der Waals surface area contributed by atoms with Gasteiger partial charge in [0.05, 0.1) is 41.1 Å². The summed E-state index contributed by atoms with van der Waals surface area (Å²) >= 11 is 0. The number of hydrogen-bond donors (Lipinski definition) is 4. The van der Waals surface area contributed by atoms with Crippen molar-refractivity contribution in [1.29, 1.82) is 0 Å². The van der Waals surface area contributed by atoms with Crippen molar-refractivity contribution in [3.05, 3.63) is 108 Å². The Morgan fingerprint density at radius 2 is 1.21 bits per heavy atom. The lowest BCUT2D eigenvalue weighted by Crippen LogP contribution is -2.43. The van der Waals surface area contributed by atoms with E-state index in [4.69, 9.17) is 29.5 Å². The van der Waals surface area contributed by atoms with Crippen molar-refractivity contribution in [3.8, 4) is 0 Å². The van der Waals surface area contributed by atoms with Crippen LogP contribution in [0.15, 0.2) is 96.7 Å². The van der Waals surface area contributed by atoms with Crippen molar-refractivity contribution < 1.29 is 68.1 Å². The van der Waals surface area contributed by atoms with E-state index in [-0.39, 0.29) is 64.0 Å². The van der Waals surface area contributed by atoms with Crippen LogP contribution in [0.4, 0.5) is 0 Å². The number of aliphatic hydroxyl groups excluding tert-OH is 2. The molecule has 2 rings (SSSR count). The molecule has 0 aliphatic heterocycles. The van der Waals surface area contributed by atoms with Gasteiger partial charge in [-0.1, -0.05) is 57.0 Å². The van der Waals surface area contributed by atoms with Gasteiger partial charge in [-0.2, -0.15) is 0 Å². The van der Waals surface area contributed by atoms with Crippen molar-refractivity contribution in [1.82, 2.24) is 0 Å². The molecule has 14 heteroatoms. The number of carboxylic acid groups (broad SMARTS) is 2. The highest BCUT2D eigenvalue weighted by molar-refractivity contribution is 5.87. The molecule has 1 aliphatic carbocycles. The summed E-state index contributed by atoms with van der Waals surface area (Å²) in [5.74, 6) is -3.90. The average Bonchev–Trinajstić information content (AvgIpc) is 3.17. The third-order valence-corrected chi connectivity index (χ3v) is 8.02. The van der Waals surface area contributed by atoms with Crippen LogP contribution in [0.3, 0.4) is 0 Å². The highest BCUT2D eigenvalue weighted by atomic mass is 16.5. The highest BCUT2D eigenvalue weighted by Crippen LogP contribution is 2.45. The van der Waals surface area contributed by atoms with E-state index in [1.165, 1.54) is 13.8 Å². The van der Waals surface area contributed by atoms with E-state index < -0.39 is 46.1 Å². The zero-order valence-electron chi connectivity index (χ0n) is 35.1. The Balaban J connectivity index is 0. The van der Waals surface area contributed by atoms with E-state index in [1.54, 1.807) is 46.8 Å². The van der Waals surface area contributed by atoms with Crippen LogP contribution in [0.5, 0.6) is 0 Å². The van der Waals surface area contributed by atoms with Gasteiger partial charge in [0.15, 0.2) is 6.61 Å². The first-order valence-corrected chi connectivity index (χ1v) is 18.3. The summed E-state index contributed by atoms with van der Waals surface area (Å²) in [5.41, 5.74) is -0.788. The molecule has 0 spiro atoms. The maximum atomic E-state index is 12.9. The zero-order valence-corrected chi connectivity index (χ0v) is 35.1. The number of carbonyl (C=O) groups is 6. The summed E-state index contributed by atoms with van der Waals surface area (Å²) in [6.07, 6.45) is 10.6. The van der Waals surface area contributed by atoms with E-state index in [9.17, 15) is 33.9 Å². The molecule has 4 N–H and O–H groups in total. The fourth-order valence-electron chi connectivity index (χ4n) is 4.75. The van der Waals surface area contributed by atoms with E-state index >= 15 is 0 Å². The molecular weight excluding hydrogens is 752 g/mol. The van der Waals surface area contributed by atoms with Crippen LogP contribution in [-0.4, -0.2) is 89.3 Å². The Morgan fingerprint density at radius 1 is 0.690 bits per heavy atom. The van der Waals surface area contributed by atoms with E-state index in [1.807, 2.05) is 49.4 Å². The van der Waals surface area contributed by atoms with Gasteiger partial charge in [0.2, 0.25) is 0 Å². The van der Waals surface area contributed by atoms with Gasteiger partial charge in [-0.25, -0.2) is 14.4 Å².